The molecule has 0 aromatic heterocycles. The number of alkyl carbamates (subject to hydrolysis) is 1. The van der Waals surface area contributed by atoms with Crippen LogP contribution in [0.3, 0.4) is 0 Å². The maximum atomic E-state index is 13.3. The molecule has 1 fully saturated rings. The molecule has 8 nitrogen and oxygen atoms in total. The third-order valence-corrected chi connectivity index (χ3v) is 5.26. The predicted molar refractivity (Wildman–Crippen MR) is 114 cm³/mol. The first kappa shape index (κ1) is 25.9. The average molecular weight is 427 g/mol. The zero-order valence-corrected chi connectivity index (χ0v) is 19.1. The summed E-state index contributed by atoms with van der Waals surface area (Å²) in [7, 11) is 1.25. The smallest absolute Gasteiger partial charge is 0.408 e. The minimum atomic E-state index is -0.878. The van der Waals surface area contributed by atoms with Crippen LogP contribution in [0.4, 0.5) is 4.79 Å². The molecule has 30 heavy (non-hydrogen) atoms. The number of nitrogens with one attached hydrogen (secondary N) is 1. The van der Waals surface area contributed by atoms with E-state index in [9.17, 15) is 19.5 Å². The molecule has 0 bridgehead atoms. The third kappa shape index (κ3) is 7.97. The molecule has 1 aliphatic rings. The van der Waals surface area contributed by atoms with E-state index in [1.807, 2.05) is 13.0 Å². The summed E-state index contributed by atoms with van der Waals surface area (Å²) < 4.78 is 10.1. The molecule has 1 saturated heterocycles. The van der Waals surface area contributed by atoms with Gasteiger partial charge in [-0.15, -0.1) is 6.58 Å². The Balaban J connectivity index is 2.99. The first-order valence-electron chi connectivity index (χ1n) is 10.6. The van der Waals surface area contributed by atoms with Crippen LogP contribution >= 0.6 is 0 Å². The second-order valence-corrected chi connectivity index (χ2v) is 9.16. The number of hydrogen-bond acceptors (Lipinski definition) is 6. The number of carbonyl (C=O) groups is 3. The van der Waals surface area contributed by atoms with Crippen molar-refractivity contribution in [3.8, 4) is 0 Å². The number of likely N-dealkylation sites (tertiary alicyclic amines) is 1. The Bertz CT molecular complexity index is 615. The number of aliphatic hydroxyl groups is 1. The summed E-state index contributed by atoms with van der Waals surface area (Å²) in [4.78, 5) is 39.2. The number of allylic oxidation sites excluding steroid dienone is 1. The number of ether oxygens (including phenoxy) is 2. The van der Waals surface area contributed by atoms with Crippen LogP contribution in [0.15, 0.2) is 12.7 Å². The molecule has 8 heteroatoms. The van der Waals surface area contributed by atoms with Gasteiger partial charge in [-0.1, -0.05) is 26.3 Å². The fourth-order valence-corrected chi connectivity index (χ4v) is 3.52. The van der Waals surface area contributed by atoms with Gasteiger partial charge in [-0.2, -0.15) is 0 Å². The lowest BCUT2D eigenvalue weighted by Gasteiger charge is -2.31. The van der Waals surface area contributed by atoms with Crippen molar-refractivity contribution >= 4 is 18.0 Å². The Morgan fingerprint density at radius 1 is 1.27 bits per heavy atom. The van der Waals surface area contributed by atoms with Gasteiger partial charge in [0.05, 0.1) is 13.2 Å². The third-order valence-electron chi connectivity index (χ3n) is 5.26. The fraction of sp³-hybridized carbons (Fsp3) is 0.773. The molecule has 0 aromatic carbocycles. The highest BCUT2D eigenvalue weighted by Crippen LogP contribution is 2.24. The van der Waals surface area contributed by atoms with Gasteiger partial charge in [-0.3, -0.25) is 4.79 Å². The van der Waals surface area contributed by atoms with Crippen molar-refractivity contribution in [2.45, 2.75) is 84.1 Å². The van der Waals surface area contributed by atoms with Crippen molar-refractivity contribution in [3.63, 3.8) is 0 Å². The molecule has 2 N–H and O–H groups in total. The average Bonchev–Trinajstić information content (AvgIpc) is 3.04. The zero-order valence-electron chi connectivity index (χ0n) is 19.1. The van der Waals surface area contributed by atoms with Crippen LogP contribution in [0.25, 0.3) is 0 Å². The molecule has 5 atom stereocenters. The maximum Gasteiger partial charge on any atom is 0.408 e. The molecule has 0 saturated carbocycles. The van der Waals surface area contributed by atoms with E-state index in [1.165, 1.54) is 12.0 Å². The zero-order chi connectivity index (χ0) is 23.1. The number of methoxy groups -OCH3 is 1. The van der Waals surface area contributed by atoms with Crippen molar-refractivity contribution in [1.82, 2.24) is 10.2 Å². The Morgan fingerprint density at radius 2 is 1.90 bits per heavy atom. The first-order valence-corrected chi connectivity index (χ1v) is 10.6. The summed E-state index contributed by atoms with van der Waals surface area (Å²) in [5.74, 6) is -0.832. The highest BCUT2D eigenvalue weighted by Gasteiger charge is 2.43. The van der Waals surface area contributed by atoms with E-state index >= 15 is 0 Å². The molecule has 0 radical (unpaired) electrons. The summed E-state index contributed by atoms with van der Waals surface area (Å²) in [6.07, 6.45) is 2.97. The van der Waals surface area contributed by atoms with Crippen LogP contribution in [-0.2, 0) is 19.1 Å². The number of β-amino-alcohol motifs (C(OH)–C–C–N with tert-alkyl or cyclic N) is 1. The number of nitrogens with zero attached hydrogens (tertiary/aromatic N) is 1. The summed E-state index contributed by atoms with van der Waals surface area (Å²) >= 11 is 0. The standard InChI is InChI=1S/C22H38N2O6/c1-8-14(2)10-9-11-15(3)18(23-21(28)30-22(4,5)6)19(26)24-13-16(25)12-17(24)20(27)29-7/h8,14-18,25H,1,9-13H2,2-7H3,(H,23,28)/t14?,15-,16-,17?,18+/m1/s1. The molecule has 2 unspecified atom stereocenters. The lowest BCUT2D eigenvalue weighted by Crippen LogP contribution is -2.55. The number of aliphatic hydroxyl groups excluding tert-OH is 1. The van der Waals surface area contributed by atoms with E-state index in [0.717, 1.165) is 12.8 Å². The Hall–Kier alpha value is -2.09. The van der Waals surface area contributed by atoms with Crippen molar-refractivity contribution in [2.24, 2.45) is 11.8 Å². The van der Waals surface area contributed by atoms with Crippen molar-refractivity contribution in [2.75, 3.05) is 13.7 Å². The van der Waals surface area contributed by atoms with E-state index in [0.29, 0.717) is 12.3 Å². The highest BCUT2D eigenvalue weighted by atomic mass is 16.6. The van der Waals surface area contributed by atoms with Gasteiger partial charge in [0.15, 0.2) is 0 Å². The van der Waals surface area contributed by atoms with E-state index in [1.54, 1.807) is 20.8 Å². The molecule has 1 rings (SSSR count). The van der Waals surface area contributed by atoms with Crippen LogP contribution < -0.4 is 5.32 Å². The van der Waals surface area contributed by atoms with Gasteiger partial charge < -0.3 is 24.8 Å². The predicted octanol–water partition coefficient (Wildman–Crippen LogP) is 2.64. The van der Waals surface area contributed by atoms with E-state index in [-0.39, 0.29) is 18.9 Å². The monoisotopic (exact) mass is 426 g/mol. The van der Waals surface area contributed by atoms with Gasteiger partial charge in [0, 0.05) is 13.0 Å². The molecule has 1 heterocycles. The molecule has 0 aliphatic carbocycles. The molecule has 0 aromatic rings. The second-order valence-electron chi connectivity index (χ2n) is 9.16. The van der Waals surface area contributed by atoms with Crippen LogP contribution in [0.5, 0.6) is 0 Å². The lowest BCUT2D eigenvalue weighted by atomic mass is 9.92. The van der Waals surface area contributed by atoms with Crippen molar-refractivity contribution in [1.29, 1.82) is 0 Å². The molecule has 0 spiro atoms. The Labute approximate surface area is 180 Å². The highest BCUT2D eigenvalue weighted by molar-refractivity contribution is 5.90. The Morgan fingerprint density at radius 3 is 2.43 bits per heavy atom. The van der Waals surface area contributed by atoms with Crippen molar-refractivity contribution in [3.05, 3.63) is 12.7 Å². The van der Waals surface area contributed by atoms with E-state index in [2.05, 4.69) is 18.8 Å². The molecule has 172 valence electrons. The first-order chi connectivity index (χ1) is 13.9. The van der Waals surface area contributed by atoms with Crippen molar-refractivity contribution < 1.29 is 29.0 Å². The van der Waals surface area contributed by atoms with Gasteiger partial charge in [0.1, 0.15) is 17.7 Å². The topological polar surface area (TPSA) is 105 Å². The summed E-state index contributed by atoms with van der Waals surface area (Å²) in [5, 5.41) is 12.7. The van der Waals surface area contributed by atoms with Gasteiger partial charge in [-0.25, -0.2) is 9.59 Å². The van der Waals surface area contributed by atoms with Gasteiger partial charge >= 0.3 is 12.1 Å². The molecular formula is C22H38N2O6. The number of esters is 1. The summed E-state index contributed by atoms with van der Waals surface area (Å²) in [5.41, 5.74) is -0.710. The Kier molecular flexibility index (Phi) is 9.81. The van der Waals surface area contributed by atoms with E-state index < -0.39 is 41.8 Å². The number of carbonyl (C=O) groups excluding carboxylic acids is 3. The van der Waals surface area contributed by atoms with Crippen LogP contribution in [0, 0.1) is 11.8 Å². The second kappa shape index (κ2) is 11.3. The summed E-state index contributed by atoms with van der Waals surface area (Å²) in [6, 6.07) is -1.75. The molecular weight excluding hydrogens is 388 g/mol. The number of hydrogen-bond donors (Lipinski definition) is 2. The van der Waals surface area contributed by atoms with Gasteiger partial charge in [0.25, 0.3) is 0 Å². The van der Waals surface area contributed by atoms with Crippen LogP contribution in [0.2, 0.25) is 0 Å². The quantitative estimate of drug-likeness (QED) is 0.434. The van der Waals surface area contributed by atoms with Crippen LogP contribution in [-0.4, -0.2) is 65.4 Å². The summed E-state index contributed by atoms with van der Waals surface area (Å²) in [6.45, 7) is 13.0. The van der Waals surface area contributed by atoms with Gasteiger partial charge in [0.2, 0.25) is 5.91 Å². The normalized spacial score (nSPS) is 22.0. The van der Waals surface area contributed by atoms with E-state index in [4.69, 9.17) is 9.47 Å². The van der Waals surface area contributed by atoms with Crippen LogP contribution in [0.1, 0.15) is 60.3 Å². The minimum Gasteiger partial charge on any atom is -0.467 e. The largest absolute Gasteiger partial charge is 0.467 e. The molecule has 2 amide bonds. The number of rotatable bonds is 9. The molecule has 1 aliphatic heterocycles. The SMILES string of the molecule is C=CC(C)CCC[C@@H](C)[C@H](NC(=O)OC(C)(C)C)C(=O)N1C[C@H](O)CC1C(=O)OC. The van der Waals surface area contributed by atoms with Gasteiger partial charge in [-0.05, 0) is 45.4 Å². The minimum absolute atomic E-state index is 0.0192. The lowest BCUT2D eigenvalue weighted by molar-refractivity contribution is -0.152. The number of amides is 2. The maximum absolute atomic E-state index is 13.3. The fourth-order valence-electron chi connectivity index (χ4n) is 3.52.